The number of rotatable bonds is 6. The zero-order valence-electron chi connectivity index (χ0n) is 20.0. The largest absolute Gasteiger partial charge is 0.459 e. The fourth-order valence-electron chi connectivity index (χ4n) is 3.71. The van der Waals surface area contributed by atoms with E-state index in [-0.39, 0.29) is 26.1 Å². The molecule has 0 spiro atoms. The summed E-state index contributed by atoms with van der Waals surface area (Å²) >= 11 is 0. The molecule has 0 radical (unpaired) electrons. The molecular weight excluding hydrogens is 434 g/mol. The summed E-state index contributed by atoms with van der Waals surface area (Å²) in [6.45, 7) is 6.51. The maximum absolute atomic E-state index is 13.5. The monoisotopic (exact) mass is 467 g/mol. The predicted molar refractivity (Wildman–Crippen MR) is 128 cm³/mol. The summed E-state index contributed by atoms with van der Waals surface area (Å²) in [5.41, 5.74) is 5.59. The van der Waals surface area contributed by atoms with Crippen LogP contribution in [0.3, 0.4) is 0 Å². The minimum absolute atomic E-state index is 0.00652. The minimum Gasteiger partial charge on any atom is -0.459 e. The highest BCUT2D eigenvalue weighted by molar-refractivity contribution is 6.07. The van der Waals surface area contributed by atoms with Crippen LogP contribution in [0, 0.1) is 0 Å². The summed E-state index contributed by atoms with van der Waals surface area (Å²) < 4.78 is 10.9. The van der Waals surface area contributed by atoms with Crippen molar-refractivity contribution >= 4 is 18.0 Å². The van der Waals surface area contributed by atoms with Crippen molar-refractivity contribution in [2.45, 2.75) is 44.9 Å². The van der Waals surface area contributed by atoms with Gasteiger partial charge in [-0.2, -0.15) is 0 Å². The van der Waals surface area contributed by atoms with Crippen LogP contribution in [0.4, 0.5) is 4.79 Å². The second-order valence-corrected chi connectivity index (χ2v) is 9.46. The second-order valence-electron chi connectivity index (χ2n) is 9.46. The lowest BCUT2D eigenvalue weighted by Crippen LogP contribution is -2.65. The van der Waals surface area contributed by atoms with Gasteiger partial charge in [-0.25, -0.2) is 9.59 Å². The molecule has 1 atom stereocenters. The Labute approximate surface area is 200 Å². The first kappa shape index (κ1) is 25.2. The highest BCUT2D eigenvalue weighted by Gasteiger charge is 2.47. The molecule has 0 aromatic heterocycles. The molecule has 182 valence electrons. The van der Waals surface area contributed by atoms with E-state index in [0.29, 0.717) is 13.1 Å². The summed E-state index contributed by atoms with van der Waals surface area (Å²) in [5.74, 6) is -1.29. The standard InChI is InChI=1S/C26H33N3O5/c1-25(2,3)34-24(32)29-16-14-28(15-17-29)22(30)26(27,18-20-10-6-4-7-11-20)23(31)33-19-21-12-8-5-9-13-21/h4-13H,14-19,27H2,1-3H3/t26-/m0/s1. The van der Waals surface area contributed by atoms with Crippen molar-refractivity contribution in [3.63, 3.8) is 0 Å². The summed E-state index contributed by atoms with van der Waals surface area (Å²) in [4.78, 5) is 42.2. The highest BCUT2D eigenvalue weighted by atomic mass is 16.6. The van der Waals surface area contributed by atoms with Gasteiger partial charge in [0.2, 0.25) is 0 Å². The van der Waals surface area contributed by atoms with Gasteiger partial charge < -0.3 is 25.0 Å². The number of hydrogen-bond donors (Lipinski definition) is 1. The third-order valence-corrected chi connectivity index (χ3v) is 5.50. The number of nitrogens with two attached hydrogens (primary N) is 1. The molecule has 1 heterocycles. The third-order valence-electron chi connectivity index (χ3n) is 5.50. The van der Waals surface area contributed by atoms with Crippen molar-refractivity contribution < 1.29 is 23.9 Å². The van der Waals surface area contributed by atoms with Gasteiger partial charge in [0.05, 0.1) is 0 Å². The van der Waals surface area contributed by atoms with Gasteiger partial charge in [-0.3, -0.25) is 4.79 Å². The first-order chi connectivity index (χ1) is 16.1. The lowest BCUT2D eigenvalue weighted by Gasteiger charge is -2.39. The zero-order chi connectivity index (χ0) is 24.8. The lowest BCUT2D eigenvalue weighted by atomic mass is 9.90. The number of hydrogen-bond acceptors (Lipinski definition) is 6. The summed E-state index contributed by atoms with van der Waals surface area (Å²) in [6.07, 6.45) is -0.419. The Morgan fingerprint density at radius 1 is 0.824 bits per heavy atom. The molecule has 0 unspecified atom stereocenters. The van der Waals surface area contributed by atoms with Crippen molar-refractivity contribution in [1.29, 1.82) is 0 Å². The van der Waals surface area contributed by atoms with E-state index in [1.54, 1.807) is 25.7 Å². The van der Waals surface area contributed by atoms with Crippen molar-refractivity contribution in [2.75, 3.05) is 26.2 Å². The van der Waals surface area contributed by atoms with Crippen molar-refractivity contribution in [3.05, 3.63) is 71.8 Å². The van der Waals surface area contributed by atoms with E-state index in [4.69, 9.17) is 15.2 Å². The molecule has 1 aliphatic heterocycles. The van der Waals surface area contributed by atoms with Gasteiger partial charge in [0, 0.05) is 32.6 Å². The van der Waals surface area contributed by atoms with E-state index in [1.165, 1.54) is 4.90 Å². The molecule has 2 N–H and O–H groups in total. The Morgan fingerprint density at radius 2 is 1.32 bits per heavy atom. The van der Waals surface area contributed by atoms with Crippen LogP contribution in [-0.4, -0.2) is 65.1 Å². The molecule has 2 amide bonds. The number of esters is 1. The number of amides is 2. The fraction of sp³-hybridized carbons (Fsp3) is 0.423. The van der Waals surface area contributed by atoms with E-state index in [2.05, 4.69) is 0 Å². The van der Waals surface area contributed by atoms with Crippen molar-refractivity contribution in [3.8, 4) is 0 Å². The number of carbonyl (C=O) groups is 3. The number of piperazine rings is 1. The topological polar surface area (TPSA) is 102 Å². The minimum atomic E-state index is -1.88. The van der Waals surface area contributed by atoms with Crippen LogP contribution in [0.1, 0.15) is 31.9 Å². The molecule has 1 aliphatic rings. The van der Waals surface area contributed by atoms with Gasteiger partial charge in [0.25, 0.3) is 5.91 Å². The van der Waals surface area contributed by atoms with Gasteiger partial charge in [0.15, 0.2) is 5.54 Å². The molecule has 2 aromatic carbocycles. The van der Waals surface area contributed by atoms with E-state index in [1.807, 2.05) is 60.7 Å². The molecule has 1 fully saturated rings. The number of carbonyl (C=O) groups excluding carboxylic acids is 3. The zero-order valence-corrected chi connectivity index (χ0v) is 20.0. The van der Waals surface area contributed by atoms with Crippen LogP contribution >= 0.6 is 0 Å². The lowest BCUT2D eigenvalue weighted by molar-refractivity contribution is -0.160. The van der Waals surface area contributed by atoms with Gasteiger partial charge in [-0.1, -0.05) is 60.7 Å². The summed E-state index contributed by atoms with van der Waals surface area (Å²) in [7, 11) is 0. The molecule has 34 heavy (non-hydrogen) atoms. The van der Waals surface area contributed by atoms with Crippen LogP contribution in [0.2, 0.25) is 0 Å². The number of ether oxygens (including phenoxy) is 2. The van der Waals surface area contributed by atoms with E-state index >= 15 is 0 Å². The Morgan fingerprint density at radius 3 is 1.85 bits per heavy atom. The second kappa shape index (κ2) is 10.7. The first-order valence-corrected chi connectivity index (χ1v) is 11.4. The first-order valence-electron chi connectivity index (χ1n) is 11.4. The smallest absolute Gasteiger partial charge is 0.410 e. The van der Waals surface area contributed by atoms with Gasteiger partial charge in [-0.05, 0) is 31.9 Å². The molecule has 0 aliphatic carbocycles. The average molecular weight is 468 g/mol. The Kier molecular flexibility index (Phi) is 7.94. The Hall–Kier alpha value is -3.39. The summed E-state index contributed by atoms with van der Waals surface area (Å²) in [5, 5.41) is 0. The Balaban J connectivity index is 1.72. The normalized spacial score (nSPS) is 15.9. The maximum Gasteiger partial charge on any atom is 0.410 e. The molecule has 0 saturated carbocycles. The fourth-order valence-corrected chi connectivity index (χ4v) is 3.71. The van der Waals surface area contributed by atoms with Crippen LogP contribution in [0.15, 0.2) is 60.7 Å². The van der Waals surface area contributed by atoms with Crippen LogP contribution in [0.5, 0.6) is 0 Å². The molecular formula is C26H33N3O5. The predicted octanol–water partition coefficient (Wildman–Crippen LogP) is 2.75. The van der Waals surface area contributed by atoms with Gasteiger partial charge in [-0.15, -0.1) is 0 Å². The molecule has 1 saturated heterocycles. The van der Waals surface area contributed by atoms with E-state index < -0.39 is 29.1 Å². The SMILES string of the molecule is CC(C)(C)OC(=O)N1CCN(C(=O)[C@@](N)(Cc2ccccc2)C(=O)OCc2ccccc2)CC1. The van der Waals surface area contributed by atoms with Crippen LogP contribution in [0.25, 0.3) is 0 Å². The average Bonchev–Trinajstić information content (AvgIpc) is 2.82. The number of nitrogens with zero attached hydrogens (tertiary/aromatic N) is 2. The van der Waals surface area contributed by atoms with Gasteiger partial charge in [0.1, 0.15) is 12.2 Å². The summed E-state index contributed by atoms with van der Waals surface area (Å²) in [6, 6.07) is 18.4. The van der Waals surface area contributed by atoms with E-state index in [9.17, 15) is 14.4 Å². The highest BCUT2D eigenvalue weighted by Crippen LogP contribution is 2.20. The van der Waals surface area contributed by atoms with Gasteiger partial charge >= 0.3 is 12.1 Å². The molecule has 2 aromatic rings. The maximum atomic E-state index is 13.5. The Bertz CT molecular complexity index is 983. The third kappa shape index (κ3) is 6.57. The van der Waals surface area contributed by atoms with Crippen molar-refractivity contribution in [1.82, 2.24) is 9.80 Å². The van der Waals surface area contributed by atoms with Crippen LogP contribution in [-0.2, 0) is 32.1 Å². The van der Waals surface area contributed by atoms with E-state index in [0.717, 1.165) is 11.1 Å². The number of benzene rings is 2. The molecule has 3 rings (SSSR count). The molecule has 8 nitrogen and oxygen atoms in total. The van der Waals surface area contributed by atoms with Crippen LogP contribution < -0.4 is 5.73 Å². The molecule has 8 heteroatoms. The van der Waals surface area contributed by atoms with Crippen molar-refractivity contribution in [2.24, 2.45) is 5.73 Å². The molecule has 0 bridgehead atoms. The quantitative estimate of drug-likeness (QED) is 0.518.